The number of aliphatic hydroxyl groups excluding tert-OH is 1. The lowest BCUT2D eigenvalue weighted by Gasteiger charge is -2.46. The molecular weight excluding hydrogens is 304 g/mol. The Bertz CT molecular complexity index is 534. The van der Waals surface area contributed by atoms with Crippen LogP contribution in [-0.2, 0) is 28.5 Å². The Hall–Kier alpha value is -1.51. The van der Waals surface area contributed by atoms with Crippen molar-refractivity contribution in [3.63, 3.8) is 0 Å². The van der Waals surface area contributed by atoms with Gasteiger partial charge in [-0.15, -0.1) is 0 Å². The maximum absolute atomic E-state index is 11.4. The van der Waals surface area contributed by atoms with E-state index in [0.717, 1.165) is 5.56 Å². The number of aliphatic hydroxyl groups is 1. The van der Waals surface area contributed by atoms with Gasteiger partial charge in [0.25, 0.3) is 0 Å². The van der Waals surface area contributed by atoms with Crippen molar-refractivity contribution in [2.75, 3.05) is 13.7 Å². The smallest absolute Gasteiger partial charge is 0.303 e. The Morgan fingerprint density at radius 2 is 2.00 bits per heavy atom. The molecule has 0 bridgehead atoms. The van der Waals surface area contributed by atoms with Gasteiger partial charge in [0.1, 0.15) is 18.3 Å². The van der Waals surface area contributed by atoms with Gasteiger partial charge in [-0.1, -0.05) is 30.3 Å². The van der Waals surface area contributed by atoms with Crippen molar-refractivity contribution in [2.24, 2.45) is 0 Å². The van der Waals surface area contributed by atoms with E-state index in [4.69, 9.17) is 23.7 Å². The van der Waals surface area contributed by atoms with Crippen LogP contribution in [0.25, 0.3) is 0 Å². The Morgan fingerprint density at radius 3 is 2.65 bits per heavy atom. The van der Waals surface area contributed by atoms with Crippen LogP contribution in [-0.4, -0.2) is 55.5 Å². The van der Waals surface area contributed by atoms with E-state index >= 15 is 0 Å². The highest BCUT2D eigenvalue weighted by atomic mass is 16.8. The molecule has 2 aliphatic heterocycles. The molecule has 1 aromatic rings. The molecule has 0 amide bonds. The molecule has 7 nitrogen and oxygen atoms in total. The van der Waals surface area contributed by atoms with Crippen LogP contribution in [0.15, 0.2) is 30.3 Å². The summed E-state index contributed by atoms with van der Waals surface area (Å²) in [5.41, 5.74) is 0.843. The largest absolute Gasteiger partial charge is 0.457 e. The first kappa shape index (κ1) is 16.4. The van der Waals surface area contributed by atoms with Gasteiger partial charge in [-0.3, -0.25) is 4.79 Å². The summed E-state index contributed by atoms with van der Waals surface area (Å²) in [4.78, 5) is 11.4. The third-order valence-corrected chi connectivity index (χ3v) is 3.91. The molecule has 126 valence electrons. The third-order valence-electron chi connectivity index (χ3n) is 3.91. The zero-order valence-corrected chi connectivity index (χ0v) is 13.0. The van der Waals surface area contributed by atoms with Gasteiger partial charge in [0.2, 0.25) is 0 Å². The van der Waals surface area contributed by atoms with E-state index in [2.05, 4.69) is 0 Å². The minimum absolute atomic E-state index is 0.245. The van der Waals surface area contributed by atoms with Gasteiger partial charge >= 0.3 is 5.97 Å². The second-order valence-electron chi connectivity index (χ2n) is 5.52. The van der Waals surface area contributed by atoms with Gasteiger partial charge in [0, 0.05) is 19.6 Å². The highest BCUT2D eigenvalue weighted by Crippen LogP contribution is 2.35. The average Bonchev–Trinajstić information content (AvgIpc) is 2.57. The summed E-state index contributed by atoms with van der Waals surface area (Å²) in [5.74, 6) is -0.504. The molecule has 6 atom stereocenters. The predicted octanol–water partition coefficient (Wildman–Crippen LogP) is 0.764. The second kappa shape index (κ2) is 6.94. The molecule has 0 radical (unpaired) electrons. The van der Waals surface area contributed by atoms with Crippen molar-refractivity contribution in [2.45, 2.75) is 43.9 Å². The average molecular weight is 324 g/mol. The summed E-state index contributed by atoms with van der Waals surface area (Å²) < 4.78 is 27.6. The van der Waals surface area contributed by atoms with E-state index < -0.39 is 43.0 Å². The number of esters is 1. The number of ether oxygens (including phenoxy) is 5. The van der Waals surface area contributed by atoms with Crippen LogP contribution in [0.2, 0.25) is 0 Å². The predicted molar refractivity (Wildman–Crippen MR) is 77.2 cm³/mol. The van der Waals surface area contributed by atoms with Gasteiger partial charge in [-0.05, 0) is 0 Å². The number of fused-ring (bicyclic) bond motifs is 1. The molecule has 1 aromatic carbocycles. The van der Waals surface area contributed by atoms with E-state index in [1.165, 1.54) is 14.0 Å². The fourth-order valence-corrected chi connectivity index (χ4v) is 2.86. The van der Waals surface area contributed by atoms with Gasteiger partial charge in [-0.2, -0.15) is 0 Å². The first-order chi connectivity index (χ1) is 11.1. The zero-order valence-electron chi connectivity index (χ0n) is 13.0. The molecule has 1 N–H and O–H groups in total. The fraction of sp³-hybridized carbons (Fsp3) is 0.562. The molecule has 1 unspecified atom stereocenters. The van der Waals surface area contributed by atoms with Gasteiger partial charge in [-0.25, -0.2) is 0 Å². The standard InChI is InChI=1S/C16H20O7/c1-9(17)21-14-12(18)16(19-2)22-11-8-20-15(23-13(11)14)10-6-4-3-5-7-10/h3-7,11-16,18H,8H2,1-2H3/t11-,12-,13+,14-,15?,16-/m1/s1. The van der Waals surface area contributed by atoms with Crippen LogP contribution in [0, 0.1) is 0 Å². The van der Waals surface area contributed by atoms with Crippen LogP contribution in [0.1, 0.15) is 18.8 Å². The molecule has 23 heavy (non-hydrogen) atoms. The van der Waals surface area contributed by atoms with Crippen molar-refractivity contribution in [3.8, 4) is 0 Å². The molecule has 0 saturated carbocycles. The minimum Gasteiger partial charge on any atom is -0.457 e. The molecule has 0 aromatic heterocycles. The molecule has 3 rings (SSSR count). The molecular formula is C16H20O7. The zero-order chi connectivity index (χ0) is 16.4. The summed E-state index contributed by atoms with van der Waals surface area (Å²) in [5, 5.41) is 10.3. The summed E-state index contributed by atoms with van der Waals surface area (Å²) in [6, 6.07) is 9.41. The van der Waals surface area contributed by atoms with E-state index in [1.807, 2.05) is 30.3 Å². The Labute approximate surface area is 134 Å². The van der Waals surface area contributed by atoms with E-state index in [9.17, 15) is 9.90 Å². The van der Waals surface area contributed by atoms with Gasteiger partial charge in [0.15, 0.2) is 18.7 Å². The monoisotopic (exact) mass is 324 g/mol. The maximum Gasteiger partial charge on any atom is 0.303 e. The maximum atomic E-state index is 11.4. The fourth-order valence-electron chi connectivity index (χ4n) is 2.86. The topological polar surface area (TPSA) is 83.5 Å². The summed E-state index contributed by atoms with van der Waals surface area (Å²) in [7, 11) is 1.41. The minimum atomic E-state index is -1.14. The highest BCUT2D eigenvalue weighted by molar-refractivity contribution is 5.66. The number of carbonyl (C=O) groups is 1. The van der Waals surface area contributed by atoms with Crippen LogP contribution < -0.4 is 0 Å². The van der Waals surface area contributed by atoms with E-state index in [0.29, 0.717) is 0 Å². The number of carbonyl (C=O) groups excluding carboxylic acids is 1. The highest BCUT2D eigenvalue weighted by Gasteiger charge is 2.51. The van der Waals surface area contributed by atoms with Crippen LogP contribution in [0.4, 0.5) is 0 Å². The Morgan fingerprint density at radius 1 is 1.26 bits per heavy atom. The van der Waals surface area contributed by atoms with Crippen molar-refractivity contribution in [3.05, 3.63) is 35.9 Å². The number of hydrogen-bond donors (Lipinski definition) is 1. The molecule has 0 aliphatic carbocycles. The van der Waals surface area contributed by atoms with E-state index in [-0.39, 0.29) is 6.61 Å². The lowest BCUT2D eigenvalue weighted by molar-refractivity contribution is -0.358. The van der Waals surface area contributed by atoms with Crippen LogP contribution in [0.3, 0.4) is 0 Å². The lowest BCUT2D eigenvalue weighted by atomic mass is 9.97. The lowest BCUT2D eigenvalue weighted by Crippen LogP contribution is -2.63. The summed E-state index contributed by atoms with van der Waals surface area (Å²) in [6.07, 6.45) is -4.66. The quantitative estimate of drug-likeness (QED) is 0.822. The Balaban J connectivity index is 1.80. The molecule has 2 fully saturated rings. The first-order valence-electron chi connectivity index (χ1n) is 7.45. The van der Waals surface area contributed by atoms with Crippen molar-refractivity contribution in [1.29, 1.82) is 0 Å². The number of hydrogen-bond acceptors (Lipinski definition) is 7. The molecule has 2 heterocycles. The van der Waals surface area contributed by atoms with E-state index in [1.54, 1.807) is 0 Å². The number of rotatable bonds is 3. The summed E-state index contributed by atoms with van der Waals surface area (Å²) >= 11 is 0. The van der Waals surface area contributed by atoms with Crippen molar-refractivity contribution >= 4 is 5.97 Å². The number of methoxy groups -OCH3 is 1. The van der Waals surface area contributed by atoms with Gasteiger partial charge in [0.05, 0.1) is 6.61 Å². The first-order valence-corrected chi connectivity index (χ1v) is 7.45. The second-order valence-corrected chi connectivity index (χ2v) is 5.52. The van der Waals surface area contributed by atoms with Crippen LogP contribution >= 0.6 is 0 Å². The third kappa shape index (κ3) is 3.39. The summed E-state index contributed by atoms with van der Waals surface area (Å²) in [6.45, 7) is 1.53. The molecule has 2 aliphatic rings. The molecule has 2 saturated heterocycles. The van der Waals surface area contributed by atoms with Crippen LogP contribution in [0.5, 0.6) is 0 Å². The Kier molecular flexibility index (Phi) is 4.93. The van der Waals surface area contributed by atoms with Gasteiger partial charge < -0.3 is 28.8 Å². The van der Waals surface area contributed by atoms with Crippen molar-refractivity contribution < 1.29 is 33.6 Å². The van der Waals surface area contributed by atoms with Crippen molar-refractivity contribution in [1.82, 2.24) is 0 Å². The molecule has 7 heteroatoms. The number of benzene rings is 1. The molecule has 0 spiro atoms. The SMILES string of the molecule is CO[C@@H]1O[C@@H]2COC(c3ccccc3)O[C@@H]2[C@H](OC(C)=O)[C@H]1O. The normalized spacial score (nSPS) is 37.0.